The lowest BCUT2D eigenvalue weighted by atomic mass is 9.74. The monoisotopic (exact) mass is 1400 g/mol. The highest BCUT2D eigenvalue weighted by Gasteiger charge is 2.28. The van der Waals surface area contributed by atoms with Gasteiger partial charge in [-0.1, -0.05) is 191 Å². The van der Waals surface area contributed by atoms with Crippen molar-refractivity contribution < 1.29 is 22.0 Å². The topological polar surface area (TPSA) is 141 Å². The van der Waals surface area contributed by atoms with Gasteiger partial charge in [-0.15, -0.1) is 0 Å². The zero-order valence-electron chi connectivity index (χ0n) is 61.1. The van der Waals surface area contributed by atoms with Gasteiger partial charge in [0.05, 0.1) is 60.7 Å². The fourth-order valence-corrected chi connectivity index (χ4v) is 11.9. The highest BCUT2D eigenvalue weighted by Crippen LogP contribution is 2.44. The summed E-state index contributed by atoms with van der Waals surface area (Å²) in [7, 11) is 0. The molecular weight excluding hydrogens is 1330 g/mol. The van der Waals surface area contributed by atoms with Gasteiger partial charge >= 0.3 is 0 Å². The van der Waals surface area contributed by atoms with Crippen molar-refractivity contribution in [1.82, 2.24) is 0 Å². The molecule has 0 spiro atoms. The molecule has 0 radical (unpaired) electrons. The van der Waals surface area contributed by atoms with Crippen molar-refractivity contribution in [3.05, 3.63) is 335 Å². The van der Waals surface area contributed by atoms with Gasteiger partial charge in [0.1, 0.15) is 59.4 Å². The lowest BCUT2D eigenvalue weighted by Gasteiger charge is -2.30. The lowest BCUT2D eigenvalue weighted by Crippen LogP contribution is -2.19. The second kappa shape index (κ2) is 35.7. The van der Waals surface area contributed by atoms with Crippen molar-refractivity contribution in [3.63, 3.8) is 0 Å². The van der Waals surface area contributed by atoms with Crippen LogP contribution in [-0.4, -0.2) is 0 Å². The average Bonchev–Trinajstić information content (AvgIpc) is 0.767. The second-order valence-corrected chi connectivity index (χ2v) is 27.2. The molecule has 106 heavy (non-hydrogen) atoms. The van der Waals surface area contributed by atoms with E-state index in [1.54, 1.807) is 48.6 Å². The van der Waals surface area contributed by atoms with Gasteiger partial charge in [-0.05, 0) is 210 Å². The second-order valence-electron chi connectivity index (χ2n) is 27.2. The van der Waals surface area contributed by atoms with Crippen molar-refractivity contribution >= 4 is 40.6 Å². The molecule has 10 nitrogen and oxygen atoms in total. The van der Waals surface area contributed by atoms with Crippen LogP contribution in [0, 0.1) is 139 Å². The van der Waals surface area contributed by atoms with Crippen LogP contribution in [-0.2, 0) is 10.8 Å². The quantitative estimate of drug-likeness (QED) is 0.105. The molecule has 0 aromatic heterocycles. The minimum absolute atomic E-state index is 0.0817. The summed E-state index contributed by atoms with van der Waals surface area (Å²) in [6, 6.07) is 55.4. The van der Waals surface area contributed by atoms with E-state index < -0.39 is 29.1 Å². The molecule has 0 heterocycles. The van der Waals surface area contributed by atoms with Gasteiger partial charge in [0, 0.05) is 0 Å². The van der Waals surface area contributed by atoms with E-state index in [0.717, 1.165) is 89.0 Å². The van der Waals surface area contributed by atoms with Gasteiger partial charge in [0.15, 0.2) is 0 Å². The van der Waals surface area contributed by atoms with Crippen LogP contribution < -0.4 is 0 Å². The Labute approximate surface area is 619 Å². The summed E-state index contributed by atoms with van der Waals surface area (Å²) in [5.41, 5.74) is 16.4. The normalized spacial score (nSPS) is 10.3. The average molecular weight is 1400 g/mol. The Balaban J connectivity index is 0.000000208. The Kier molecular flexibility index (Phi) is 27.4. The molecular formula is C91H73F5N10. The fraction of sp³-hybridized carbons (Fsp3) is 0.187. The maximum atomic E-state index is 14.2. The molecule has 10 aromatic carbocycles. The Morgan fingerprint density at radius 2 is 0.651 bits per heavy atom. The van der Waals surface area contributed by atoms with Crippen molar-refractivity contribution in [2.75, 3.05) is 0 Å². The molecule has 10 rings (SSSR count). The highest BCUT2D eigenvalue weighted by molar-refractivity contribution is 5.81. The maximum absolute atomic E-state index is 14.2. The molecule has 0 aliphatic rings. The molecule has 0 aliphatic carbocycles. The zero-order chi connectivity index (χ0) is 78.7. The first-order valence-corrected chi connectivity index (χ1v) is 33.1. The van der Waals surface area contributed by atoms with Crippen molar-refractivity contribution in [2.45, 2.75) is 113 Å². The predicted molar refractivity (Wildman–Crippen MR) is 414 cm³/mol. The highest BCUT2D eigenvalue weighted by atomic mass is 19.1. The number of hydrogen-bond acceptors (Lipinski definition) is 5. The molecule has 0 saturated heterocycles. The van der Waals surface area contributed by atoms with Crippen LogP contribution in [0.15, 0.2) is 171 Å². The first kappa shape index (κ1) is 81.2. The summed E-state index contributed by atoms with van der Waals surface area (Å²) in [6.45, 7) is 69.8. The molecule has 0 aliphatic heterocycles. The summed E-state index contributed by atoms with van der Waals surface area (Å²) in [6.07, 6.45) is 3.42. The van der Waals surface area contributed by atoms with E-state index in [1.165, 1.54) is 36.4 Å². The standard InChI is InChI=1S/C22H23FN2.C20H19FN2.C17H13FN2.2C16H9FN2/c1-21(2,3)16-9-8-10-17(22(4,5)6)19(16)14-11-15(13-24)20(23)18(12-14)25-7;1-12(2)16-7-6-8-17(13(3)4)19(16)14-9-15(11-22)20(21)18(10-14)23-5;1-10-5-11(2)16(12(3)6-10)13-7-14(9-19)17(18)15(8-13)20-4;1-3-11-4-6-12(7-5-11)13-8-14(10-18)16(17)15(9-13)19-2;1-3-11-5-4-6-12(7-11)13-8-14(10-18)16(17)15(9-13)19-2/h8-12H,1-6H3;6-10,12-13H,1-4H3;5-8H,1-3H3;2*3-9H,1H2. The Morgan fingerprint density at radius 1 is 0.349 bits per heavy atom. The predicted octanol–water partition coefficient (Wildman–Crippen LogP) is 26.6. The Morgan fingerprint density at radius 3 is 0.972 bits per heavy atom. The van der Waals surface area contributed by atoms with Crippen LogP contribution in [0.1, 0.15) is 159 Å². The molecule has 0 atom stereocenters. The first-order chi connectivity index (χ1) is 50.3. The maximum Gasteiger partial charge on any atom is 0.224 e. The third-order valence-corrected chi connectivity index (χ3v) is 17.0. The van der Waals surface area contributed by atoms with Crippen LogP contribution >= 0.6 is 0 Å². The van der Waals surface area contributed by atoms with Crippen molar-refractivity contribution in [3.8, 4) is 86.0 Å². The number of rotatable bonds is 9. The summed E-state index contributed by atoms with van der Waals surface area (Å²) in [4.78, 5) is 15.9. The molecule has 10 aromatic rings. The van der Waals surface area contributed by atoms with E-state index in [0.29, 0.717) is 16.7 Å². The van der Waals surface area contributed by atoms with Crippen molar-refractivity contribution in [2.24, 2.45) is 0 Å². The molecule has 0 N–H and O–H groups in total. The minimum atomic E-state index is -0.763. The van der Waals surface area contributed by atoms with Crippen LogP contribution in [0.5, 0.6) is 0 Å². The first-order valence-electron chi connectivity index (χ1n) is 33.1. The molecule has 0 unspecified atom stereocenters. The van der Waals surface area contributed by atoms with Crippen molar-refractivity contribution in [1.29, 1.82) is 26.3 Å². The summed E-state index contributed by atoms with van der Waals surface area (Å²) >= 11 is 0. The van der Waals surface area contributed by atoms with Gasteiger partial charge in [0.25, 0.3) is 0 Å². The third kappa shape index (κ3) is 19.0. The summed E-state index contributed by atoms with van der Waals surface area (Å²) < 4.78 is 69.4. The Bertz CT molecular complexity index is 5280. The van der Waals surface area contributed by atoms with E-state index >= 15 is 0 Å². The van der Waals surface area contributed by atoms with Gasteiger partial charge in [-0.25, -0.2) is 46.2 Å². The number of nitrogens with zero attached hydrogens (tertiary/aromatic N) is 10. The largest absolute Gasteiger partial charge is 0.235 e. The molecule has 0 saturated carbocycles. The molecule has 0 fully saturated rings. The van der Waals surface area contributed by atoms with Crippen LogP contribution in [0.25, 0.3) is 92.0 Å². The Hall–Kier alpha value is -13.8. The van der Waals surface area contributed by atoms with E-state index in [9.17, 15) is 32.5 Å². The van der Waals surface area contributed by atoms with Crippen LogP contribution in [0.2, 0.25) is 0 Å². The molecule has 0 amide bonds. The molecule has 522 valence electrons. The van der Waals surface area contributed by atoms with Gasteiger partial charge < -0.3 is 0 Å². The van der Waals surface area contributed by atoms with Gasteiger partial charge in [0.2, 0.25) is 28.4 Å². The van der Waals surface area contributed by atoms with E-state index in [2.05, 4.69) is 131 Å². The number of hydrogen-bond donors (Lipinski definition) is 0. The smallest absolute Gasteiger partial charge is 0.224 e. The van der Waals surface area contributed by atoms with E-state index in [-0.39, 0.29) is 78.9 Å². The van der Waals surface area contributed by atoms with E-state index in [1.807, 2.05) is 112 Å². The van der Waals surface area contributed by atoms with Crippen LogP contribution in [0.4, 0.5) is 50.4 Å². The molecule has 15 heteroatoms. The SMILES string of the molecule is [C-]#[N+]c1cc(-c2c(C(C)(C)C)cccc2C(C)(C)C)cc(C#N)c1F.[C-]#[N+]c1cc(-c2c(C(C)C)cccc2C(C)C)cc(C#N)c1F.[C-]#[N+]c1cc(-c2c(C)cc(C)cc2C)cc(C#N)c1F.[C-]#[N+]c1cc(-c2ccc(C=C)cc2)cc(C#N)c1F.[C-]#[N+]c1cc(-c2cccc(C=C)c2)cc(C#N)c1F. The van der Waals surface area contributed by atoms with Crippen LogP contribution in [0.3, 0.4) is 0 Å². The zero-order valence-corrected chi connectivity index (χ0v) is 61.1. The molecule has 0 bridgehead atoms. The van der Waals surface area contributed by atoms with Gasteiger partial charge in [-0.3, -0.25) is 0 Å². The summed E-state index contributed by atoms with van der Waals surface area (Å²) in [5, 5.41) is 45.2. The summed E-state index contributed by atoms with van der Waals surface area (Å²) in [5.74, 6) is -3.17. The minimum Gasteiger partial charge on any atom is -0.235 e. The number of nitriles is 5. The fourth-order valence-electron chi connectivity index (χ4n) is 11.9. The number of aryl methyl sites for hydroxylation is 3. The number of halogens is 5. The van der Waals surface area contributed by atoms with Gasteiger partial charge in [-0.2, -0.15) is 26.3 Å². The number of benzene rings is 10. The third-order valence-electron chi connectivity index (χ3n) is 17.0. The lowest BCUT2D eigenvalue weighted by molar-refractivity contribution is 0.571. The van der Waals surface area contributed by atoms with E-state index in [4.69, 9.17) is 48.6 Å².